The lowest BCUT2D eigenvalue weighted by Crippen LogP contribution is -2.27. The molecule has 2 unspecified atom stereocenters. The SMILES string of the molecule is CCCNC1c2ccccc2CC1Sc1ncco1. The highest BCUT2D eigenvalue weighted by Gasteiger charge is 2.33. The zero-order valence-electron chi connectivity index (χ0n) is 11.0. The van der Waals surface area contributed by atoms with Crippen LogP contribution in [0.25, 0.3) is 0 Å². The summed E-state index contributed by atoms with van der Waals surface area (Å²) in [6.07, 6.45) is 5.57. The molecule has 19 heavy (non-hydrogen) atoms. The minimum absolute atomic E-state index is 0.396. The van der Waals surface area contributed by atoms with Gasteiger partial charge in [0.1, 0.15) is 6.26 Å². The Labute approximate surface area is 117 Å². The van der Waals surface area contributed by atoms with Gasteiger partial charge in [0.25, 0.3) is 5.22 Å². The summed E-state index contributed by atoms with van der Waals surface area (Å²) >= 11 is 1.73. The molecular weight excluding hydrogens is 256 g/mol. The summed E-state index contributed by atoms with van der Waals surface area (Å²) in [6, 6.07) is 9.10. The molecule has 0 saturated carbocycles. The summed E-state index contributed by atoms with van der Waals surface area (Å²) in [7, 11) is 0. The van der Waals surface area contributed by atoms with Crippen LogP contribution in [-0.4, -0.2) is 16.8 Å². The lowest BCUT2D eigenvalue weighted by molar-refractivity contribution is 0.450. The Hall–Kier alpha value is -1.26. The van der Waals surface area contributed by atoms with E-state index in [1.54, 1.807) is 24.2 Å². The monoisotopic (exact) mass is 274 g/mol. The highest BCUT2D eigenvalue weighted by molar-refractivity contribution is 7.99. The molecule has 0 saturated heterocycles. The first-order chi connectivity index (χ1) is 9.38. The molecule has 2 atom stereocenters. The van der Waals surface area contributed by atoms with Crippen LogP contribution < -0.4 is 5.32 Å². The summed E-state index contributed by atoms with van der Waals surface area (Å²) in [4.78, 5) is 4.23. The molecule has 0 radical (unpaired) electrons. The molecule has 1 N–H and O–H groups in total. The second-order valence-corrected chi connectivity index (χ2v) is 5.98. The number of fused-ring (bicyclic) bond motifs is 1. The molecule has 3 nitrogen and oxygen atoms in total. The van der Waals surface area contributed by atoms with Crippen molar-refractivity contribution < 1.29 is 4.42 Å². The highest BCUT2D eigenvalue weighted by Crippen LogP contribution is 2.40. The number of nitrogens with zero attached hydrogens (tertiary/aromatic N) is 1. The van der Waals surface area contributed by atoms with Crippen LogP contribution in [0.4, 0.5) is 0 Å². The molecule has 1 heterocycles. The fraction of sp³-hybridized carbons (Fsp3) is 0.400. The van der Waals surface area contributed by atoms with Gasteiger partial charge in [0.2, 0.25) is 0 Å². The maximum Gasteiger partial charge on any atom is 0.255 e. The fourth-order valence-corrected chi connectivity index (χ4v) is 3.74. The maximum absolute atomic E-state index is 5.37. The lowest BCUT2D eigenvalue weighted by atomic mass is 10.1. The van der Waals surface area contributed by atoms with E-state index in [4.69, 9.17) is 4.42 Å². The largest absolute Gasteiger partial charge is 0.440 e. The molecule has 4 heteroatoms. The van der Waals surface area contributed by atoms with E-state index < -0.39 is 0 Å². The van der Waals surface area contributed by atoms with Gasteiger partial charge in [-0.05, 0) is 30.5 Å². The topological polar surface area (TPSA) is 38.1 Å². The molecule has 0 bridgehead atoms. The predicted octanol–water partition coefficient (Wildman–Crippen LogP) is 3.43. The summed E-state index contributed by atoms with van der Waals surface area (Å²) in [5.74, 6) is 0. The van der Waals surface area contributed by atoms with Gasteiger partial charge in [0.05, 0.1) is 6.20 Å². The van der Waals surface area contributed by atoms with Gasteiger partial charge >= 0.3 is 0 Å². The number of benzene rings is 1. The fourth-order valence-electron chi connectivity index (χ4n) is 2.61. The quantitative estimate of drug-likeness (QED) is 0.906. The summed E-state index contributed by atoms with van der Waals surface area (Å²) in [6.45, 7) is 3.24. The Morgan fingerprint density at radius 2 is 2.32 bits per heavy atom. The minimum Gasteiger partial charge on any atom is -0.440 e. The van der Waals surface area contributed by atoms with Gasteiger partial charge in [-0.1, -0.05) is 43.0 Å². The molecule has 1 aromatic carbocycles. The Morgan fingerprint density at radius 3 is 3.11 bits per heavy atom. The average molecular weight is 274 g/mol. The zero-order valence-corrected chi connectivity index (χ0v) is 11.8. The summed E-state index contributed by atoms with van der Waals surface area (Å²) in [5, 5.41) is 4.89. The number of rotatable bonds is 5. The van der Waals surface area contributed by atoms with E-state index in [0.29, 0.717) is 11.3 Å². The minimum atomic E-state index is 0.396. The van der Waals surface area contributed by atoms with Crippen LogP contribution in [0.1, 0.15) is 30.5 Å². The van der Waals surface area contributed by atoms with E-state index in [-0.39, 0.29) is 0 Å². The molecule has 3 rings (SSSR count). The summed E-state index contributed by atoms with van der Waals surface area (Å²) < 4.78 is 5.37. The molecule has 0 fully saturated rings. The van der Waals surface area contributed by atoms with E-state index in [1.165, 1.54) is 11.1 Å². The normalized spacial score (nSPS) is 21.5. The van der Waals surface area contributed by atoms with Crippen molar-refractivity contribution in [3.8, 4) is 0 Å². The molecule has 1 aromatic heterocycles. The molecule has 0 aliphatic heterocycles. The molecule has 0 amide bonds. The molecule has 2 aromatic rings. The van der Waals surface area contributed by atoms with E-state index in [9.17, 15) is 0 Å². The highest BCUT2D eigenvalue weighted by atomic mass is 32.2. The van der Waals surface area contributed by atoms with Crippen molar-refractivity contribution in [1.29, 1.82) is 0 Å². The smallest absolute Gasteiger partial charge is 0.255 e. The van der Waals surface area contributed by atoms with Crippen molar-refractivity contribution in [1.82, 2.24) is 10.3 Å². The first kappa shape index (κ1) is 12.8. The second kappa shape index (κ2) is 5.80. The summed E-state index contributed by atoms with van der Waals surface area (Å²) in [5.41, 5.74) is 2.88. The molecule has 1 aliphatic carbocycles. The van der Waals surface area contributed by atoms with Crippen LogP contribution in [0.5, 0.6) is 0 Å². The number of nitrogens with one attached hydrogen (secondary N) is 1. The van der Waals surface area contributed by atoms with Crippen LogP contribution in [0.15, 0.2) is 46.4 Å². The molecule has 100 valence electrons. The van der Waals surface area contributed by atoms with E-state index in [0.717, 1.165) is 24.6 Å². The van der Waals surface area contributed by atoms with E-state index >= 15 is 0 Å². The Kier molecular flexibility index (Phi) is 3.89. The molecule has 0 spiro atoms. The third kappa shape index (κ3) is 2.69. The van der Waals surface area contributed by atoms with Crippen molar-refractivity contribution in [2.45, 2.75) is 36.3 Å². The van der Waals surface area contributed by atoms with Crippen LogP contribution in [0.2, 0.25) is 0 Å². The van der Waals surface area contributed by atoms with Gasteiger partial charge in [-0.25, -0.2) is 4.98 Å². The Balaban J connectivity index is 1.80. The van der Waals surface area contributed by atoms with E-state index in [2.05, 4.69) is 41.5 Å². The number of thioether (sulfide) groups is 1. The third-order valence-corrected chi connectivity index (χ3v) is 4.60. The third-order valence-electron chi connectivity index (χ3n) is 3.46. The standard InChI is InChI=1S/C15H18N2OS/c1-2-7-16-14-12-6-4-3-5-11(12)10-13(14)19-15-17-8-9-18-15/h3-6,8-9,13-14,16H,2,7,10H2,1H3. The Morgan fingerprint density at radius 1 is 1.42 bits per heavy atom. The second-order valence-electron chi connectivity index (χ2n) is 4.79. The first-order valence-corrected chi connectivity index (χ1v) is 7.63. The van der Waals surface area contributed by atoms with Crippen molar-refractivity contribution in [2.24, 2.45) is 0 Å². The molecule has 1 aliphatic rings. The van der Waals surface area contributed by atoms with Crippen molar-refractivity contribution in [2.75, 3.05) is 6.54 Å². The van der Waals surface area contributed by atoms with Gasteiger partial charge in [0.15, 0.2) is 0 Å². The van der Waals surface area contributed by atoms with E-state index in [1.807, 2.05) is 0 Å². The van der Waals surface area contributed by atoms with Gasteiger partial charge in [-0.3, -0.25) is 0 Å². The van der Waals surface area contributed by atoms with Gasteiger partial charge in [-0.2, -0.15) is 0 Å². The predicted molar refractivity (Wildman–Crippen MR) is 77.3 cm³/mol. The lowest BCUT2D eigenvalue weighted by Gasteiger charge is -2.20. The van der Waals surface area contributed by atoms with Gasteiger partial charge in [-0.15, -0.1) is 0 Å². The number of hydrogen-bond donors (Lipinski definition) is 1. The van der Waals surface area contributed by atoms with Crippen molar-refractivity contribution in [3.05, 3.63) is 47.9 Å². The zero-order chi connectivity index (χ0) is 13.1. The van der Waals surface area contributed by atoms with Crippen molar-refractivity contribution in [3.63, 3.8) is 0 Å². The van der Waals surface area contributed by atoms with Gasteiger partial charge < -0.3 is 9.73 Å². The van der Waals surface area contributed by atoms with Crippen LogP contribution in [0, 0.1) is 0 Å². The van der Waals surface area contributed by atoms with Gasteiger partial charge in [0, 0.05) is 11.3 Å². The Bertz CT molecular complexity index is 525. The van der Waals surface area contributed by atoms with Crippen LogP contribution >= 0.6 is 11.8 Å². The first-order valence-electron chi connectivity index (χ1n) is 6.76. The average Bonchev–Trinajstić information content (AvgIpc) is 3.04. The van der Waals surface area contributed by atoms with Crippen LogP contribution in [-0.2, 0) is 6.42 Å². The maximum atomic E-state index is 5.37. The number of aromatic nitrogens is 1. The van der Waals surface area contributed by atoms with Crippen molar-refractivity contribution >= 4 is 11.8 Å². The van der Waals surface area contributed by atoms with Crippen LogP contribution in [0.3, 0.4) is 0 Å². The number of hydrogen-bond acceptors (Lipinski definition) is 4. The molecular formula is C15H18N2OS. The number of oxazole rings is 1.